The molecule has 0 aromatic carbocycles. The van der Waals surface area contributed by atoms with E-state index in [1.54, 1.807) is 0 Å². The fourth-order valence-electron chi connectivity index (χ4n) is 1.04. The van der Waals surface area contributed by atoms with Crippen molar-refractivity contribution in [3.63, 3.8) is 0 Å². The number of alkyl halides is 12. The molecular formula is C8H6F12O. The minimum absolute atomic E-state index is 2.87. The Labute approximate surface area is 108 Å². The Morgan fingerprint density at radius 1 is 0.524 bits per heavy atom. The zero-order chi connectivity index (χ0) is 17.2. The first kappa shape index (κ1) is 20.1. The highest BCUT2D eigenvalue weighted by atomic mass is 19.3. The van der Waals surface area contributed by atoms with Crippen molar-refractivity contribution in [1.82, 2.24) is 0 Å². The smallest absolute Gasteiger partial charge is 0.338 e. The third-order valence-corrected chi connectivity index (χ3v) is 2.09. The van der Waals surface area contributed by atoms with Gasteiger partial charge in [-0.15, -0.1) is 0 Å². The molecule has 0 heterocycles. The topological polar surface area (TPSA) is 9.23 Å². The lowest BCUT2D eigenvalue weighted by molar-refractivity contribution is -0.307. The summed E-state index contributed by atoms with van der Waals surface area (Å²) in [5.41, 5.74) is 0. The molecule has 0 aliphatic carbocycles. The molecule has 128 valence electrons. The molecule has 0 saturated heterocycles. The van der Waals surface area contributed by atoms with Gasteiger partial charge in [-0.1, -0.05) is 0 Å². The van der Waals surface area contributed by atoms with Crippen LogP contribution >= 0.6 is 0 Å². The highest BCUT2D eigenvalue weighted by Gasteiger charge is 2.61. The van der Waals surface area contributed by atoms with Crippen molar-refractivity contribution in [2.75, 3.05) is 0 Å². The molecule has 0 aromatic heterocycles. The third-order valence-electron chi connectivity index (χ3n) is 2.09. The van der Waals surface area contributed by atoms with Gasteiger partial charge in [-0.3, -0.25) is 0 Å². The predicted molar refractivity (Wildman–Crippen MR) is 42.6 cm³/mol. The van der Waals surface area contributed by atoms with Crippen LogP contribution in [0.25, 0.3) is 0 Å². The zero-order valence-corrected chi connectivity index (χ0v) is 9.41. The van der Waals surface area contributed by atoms with E-state index in [1.807, 2.05) is 0 Å². The van der Waals surface area contributed by atoms with E-state index in [-0.39, 0.29) is 0 Å². The molecule has 0 N–H and O–H groups in total. The Kier molecular flexibility index (Phi) is 6.63. The summed E-state index contributed by atoms with van der Waals surface area (Å²) in [6.07, 6.45) is -27.8. The molecule has 0 fully saturated rings. The third kappa shape index (κ3) is 4.54. The summed E-state index contributed by atoms with van der Waals surface area (Å²) < 4.78 is 149. The predicted octanol–water partition coefficient (Wildman–Crippen LogP) is 4.07. The van der Waals surface area contributed by atoms with Gasteiger partial charge in [0.25, 0.3) is 12.9 Å². The van der Waals surface area contributed by atoms with Crippen molar-refractivity contribution in [3.05, 3.63) is 0 Å². The van der Waals surface area contributed by atoms with E-state index in [4.69, 9.17) is 0 Å². The van der Waals surface area contributed by atoms with Crippen molar-refractivity contribution in [2.45, 2.75) is 49.8 Å². The normalized spacial score (nSPS) is 17.1. The van der Waals surface area contributed by atoms with E-state index < -0.39 is 49.8 Å². The van der Waals surface area contributed by atoms with Crippen LogP contribution in [0.1, 0.15) is 0 Å². The van der Waals surface area contributed by atoms with E-state index in [2.05, 4.69) is 4.74 Å². The van der Waals surface area contributed by atoms with Crippen molar-refractivity contribution >= 4 is 0 Å². The molecule has 2 atom stereocenters. The first-order chi connectivity index (χ1) is 9.26. The number of ether oxygens (including phenoxy) is 1. The molecule has 21 heavy (non-hydrogen) atoms. The molecule has 0 saturated carbocycles. The van der Waals surface area contributed by atoms with Crippen LogP contribution in [0.5, 0.6) is 0 Å². The van der Waals surface area contributed by atoms with E-state index in [0.29, 0.717) is 0 Å². The van der Waals surface area contributed by atoms with Crippen LogP contribution in [0.2, 0.25) is 0 Å². The van der Waals surface area contributed by atoms with Gasteiger partial charge >= 0.3 is 24.7 Å². The Morgan fingerprint density at radius 3 is 0.905 bits per heavy atom. The van der Waals surface area contributed by atoms with E-state index in [1.165, 1.54) is 0 Å². The van der Waals surface area contributed by atoms with Crippen LogP contribution in [-0.4, -0.2) is 49.8 Å². The van der Waals surface area contributed by atoms with Gasteiger partial charge in [0.15, 0.2) is 12.2 Å². The molecule has 2 unspecified atom stereocenters. The van der Waals surface area contributed by atoms with Gasteiger partial charge in [-0.25, -0.2) is 35.1 Å². The standard InChI is InChI=1S/C8H6F12O/c9-3(10)1(7(17,18)5(13)14)21-2(4(11)12)8(19,20)6(15)16/h1-6H. The summed E-state index contributed by atoms with van der Waals surface area (Å²) in [4.78, 5) is 0. The summed E-state index contributed by atoms with van der Waals surface area (Å²) in [5, 5.41) is 0. The van der Waals surface area contributed by atoms with Crippen LogP contribution < -0.4 is 0 Å². The minimum Gasteiger partial charge on any atom is -0.350 e. The molecule has 0 aromatic rings. The summed E-state index contributed by atoms with van der Waals surface area (Å²) >= 11 is 0. The highest BCUT2D eigenvalue weighted by Crippen LogP contribution is 2.38. The number of halogens is 12. The van der Waals surface area contributed by atoms with Crippen molar-refractivity contribution in [2.24, 2.45) is 0 Å². The second kappa shape index (κ2) is 6.92. The molecule has 0 rings (SSSR count). The molecule has 13 heteroatoms. The average Bonchev–Trinajstić information content (AvgIpc) is 2.26. The van der Waals surface area contributed by atoms with Gasteiger partial charge in [-0.2, -0.15) is 17.6 Å². The fraction of sp³-hybridized carbons (Fsp3) is 1.00. The maximum atomic E-state index is 12.6. The highest BCUT2D eigenvalue weighted by molar-refractivity contribution is 4.89. The molecule has 0 aliphatic heterocycles. The summed E-state index contributed by atoms with van der Waals surface area (Å²) in [6.45, 7) is 0. The van der Waals surface area contributed by atoms with E-state index in [0.717, 1.165) is 0 Å². The molecular weight excluding hydrogens is 340 g/mol. The molecule has 0 radical (unpaired) electrons. The van der Waals surface area contributed by atoms with E-state index >= 15 is 0 Å². The largest absolute Gasteiger partial charge is 0.350 e. The van der Waals surface area contributed by atoms with Crippen LogP contribution in [0.4, 0.5) is 52.7 Å². The number of rotatable bonds is 8. The molecule has 0 spiro atoms. The monoisotopic (exact) mass is 346 g/mol. The second-order valence-corrected chi connectivity index (χ2v) is 3.60. The van der Waals surface area contributed by atoms with Gasteiger partial charge in [0, 0.05) is 0 Å². The van der Waals surface area contributed by atoms with Crippen LogP contribution in [-0.2, 0) is 4.74 Å². The lowest BCUT2D eigenvalue weighted by atomic mass is 10.1. The Hall–Kier alpha value is -0.880. The Morgan fingerprint density at radius 2 is 0.762 bits per heavy atom. The molecule has 0 bridgehead atoms. The fourth-order valence-corrected chi connectivity index (χ4v) is 1.04. The second-order valence-electron chi connectivity index (χ2n) is 3.60. The maximum absolute atomic E-state index is 12.6. The van der Waals surface area contributed by atoms with Crippen molar-refractivity contribution in [3.8, 4) is 0 Å². The molecule has 0 amide bonds. The summed E-state index contributed by atoms with van der Waals surface area (Å²) in [6, 6.07) is 0. The zero-order valence-electron chi connectivity index (χ0n) is 9.41. The van der Waals surface area contributed by atoms with Crippen LogP contribution in [0.3, 0.4) is 0 Å². The lowest BCUT2D eigenvalue weighted by Gasteiger charge is -2.32. The SMILES string of the molecule is FC(F)C(OC(C(F)F)C(F)(F)C(F)F)C(F)(F)C(F)F. The van der Waals surface area contributed by atoms with Gasteiger partial charge in [0.1, 0.15) is 0 Å². The minimum atomic E-state index is -5.81. The van der Waals surface area contributed by atoms with Gasteiger partial charge in [0.05, 0.1) is 0 Å². The summed E-state index contributed by atoms with van der Waals surface area (Å²) in [5.74, 6) is -11.6. The number of hydrogen-bond acceptors (Lipinski definition) is 1. The van der Waals surface area contributed by atoms with Crippen LogP contribution in [0, 0.1) is 0 Å². The summed E-state index contributed by atoms with van der Waals surface area (Å²) in [7, 11) is 0. The van der Waals surface area contributed by atoms with Crippen LogP contribution in [0.15, 0.2) is 0 Å². The van der Waals surface area contributed by atoms with Crippen molar-refractivity contribution < 1.29 is 57.4 Å². The Balaban J connectivity index is 5.48. The first-order valence-electron chi connectivity index (χ1n) is 4.79. The quantitative estimate of drug-likeness (QED) is 0.602. The van der Waals surface area contributed by atoms with Gasteiger partial charge in [-0.05, 0) is 0 Å². The molecule has 0 aliphatic rings. The Bertz CT molecular complexity index is 286. The lowest BCUT2D eigenvalue weighted by Crippen LogP contribution is -2.55. The van der Waals surface area contributed by atoms with Gasteiger partial charge < -0.3 is 4.74 Å². The molecule has 1 nitrogen and oxygen atoms in total. The van der Waals surface area contributed by atoms with Gasteiger partial charge in [0.2, 0.25) is 0 Å². The average molecular weight is 346 g/mol. The van der Waals surface area contributed by atoms with Crippen molar-refractivity contribution in [1.29, 1.82) is 0 Å². The first-order valence-corrected chi connectivity index (χ1v) is 4.79. The van der Waals surface area contributed by atoms with E-state index in [9.17, 15) is 52.7 Å². The number of hydrogen-bond donors (Lipinski definition) is 0. The maximum Gasteiger partial charge on any atom is 0.338 e.